The van der Waals surface area contributed by atoms with Crippen LogP contribution in [0.4, 0.5) is 5.69 Å². The van der Waals surface area contributed by atoms with Gasteiger partial charge in [0.2, 0.25) is 0 Å². The lowest BCUT2D eigenvalue weighted by Gasteiger charge is -2.35. The van der Waals surface area contributed by atoms with E-state index in [0.717, 1.165) is 42.3 Å². The predicted molar refractivity (Wildman–Crippen MR) is 119 cm³/mol. The number of nitrogens with zero attached hydrogens (tertiary/aromatic N) is 3. The Morgan fingerprint density at radius 3 is 3.07 bits per heavy atom. The first-order valence-corrected chi connectivity index (χ1v) is 10.8. The smallest absolute Gasteiger partial charge is 0.261 e. The van der Waals surface area contributed by atoms with Crippen molar-refractivity contribution in [2.45, 2.75) is 31.4 Å². The van der Waals surface area contributed by atoms with Crippen LogP contribution in [-0.4, -0.2) is 47.1 Å². The summed E-state index contributed by atoms with van der Waals surface area (Å²) in [7, 11) is 1.64. The third kappa shape index (κ3) is 3.49. The van der Waals surface area contributed by atoms with E-state index >= 15 is 0 Å². The topological polar surface area (TPSA) is 58.9 Å². The van der Waals surface area contributed by atoms with Gasteiger partial charge in [0.1, 0.15) is 5.65 Å². The van der Waals surface area contributed by atoms with E-state index in [4.69, 9.17) is 16.3 Å². The van der Waals surface area contributed by atoms with Gasteiger partial charge in [-0.1, -0.05) is 17.7 Å². The van der Waals surface area contributed by atoms with Crippen LogP contribution in [-0.2, 0) is 17.8 Å². The van der Waals surface area contributed by atoms with Gasteiger partial charge in [-0.25, -0.2) is 4.98 Å². The zero-order chi connectivity index (χ0) is 20.7. The van der Waals surface area contributed by atoms with Gasteiger partial charge >= 0.3 is 0 Å². The van der Waals surface area contributed by atoms with Crippen molar-refractivity contribution in [3.05, 3.63) is 74.8 Å². The third-order valence-corrected chi connectivity index (χ3v) is 6.56. The first-order chi connectivity index (χ1) is 14.6. The zero-order valence-corrected chi connectivity index (χ0v) is 17.7. The summed E-state index contributed by atoms with van der Waals surface area (Å²) in [5.41, 5.74) is 4.66. The highest BCUT2D eigenvalue weighted by molar-refractivity contribution is 6.30. The summed E-state index contributed by atoms with van der Waals surface area (Å²) >= 11 is 6.25. The molecule has 1 N–H and O–H groups in total. The number of methoxy groups -OCH3 is 1. The van der Waals surface area contributed by atoms with Gasteiger partial charge in [0.15, 0.2) is 0 Å². The number of aromatic nitrogens is 2. The summed E-state index contributed by atoms with van der Waals surface area (Å²) in [6.45, 7) is 3.15. The monoisotopic (exact) mass is 424 g/mol. The third-order valence-electron chi connectivity index (χ3n) is 6.32. The van der Waals surface area contributed by atoms with E-state index in [1.54, 1.807) is 17.7 Å². The molecular weight excluding hydrogens is 400 g/mol. The van der Waals surface area contributed by atoms with Crippen molar-refractivity contribution in [2.75, 3.05) is 32.1 Å². The summed E-state index contributed by atoms with van der Waals surface area (Å²) in [5, 5.41) is 4.43. The first kappa shape index (κ1) is 19.5. The minimum absolute atomic E-state index is 0.00203. The molecular formula is C23H25ClN4O2. The second kappa shape index (κ2) is 8.02. The summed E-state index contributed by atoms with van der Waals surface area (Å²) in [6.07, 6.45) is 3.52. The van der Waals surface area contributed by atoms with Crippen LogP contribution in [0.25, 0.3) is 5.65 Å². The van der Waals surface area contributed by atoms with E-state index in [1.807, 2.05) is 24.3 Å². The zero-order valence-electron chi connectivity index (χ0n) is 17.0. The van der Waals surface area contributed by atoms with E-state index in [1.165, 1.54) is 11.3 Å². The maximum atomic E-state index is 13.1. The summed E-state index contributed by atoms with van der Waals surface area (Å²) in [4.78, 5) is 20.2. The van der Waals surface area contributed by atoms with E-state index in [9.17, 15) is 4.79 Å². The molecule has 0 saturated carbocycles. The number of anilines is 1. The lowest BCUT2D eigenvalue weighted by atomic mass is 9.89. The summed E-state index contributed by atoms with van der Waals surface area (Å²) in [6, 6.07) is 12.2. The number of hydrogen-bond donors (Lipinski definition) is 1. The lowest BCUT2D eigenvalue weighted by molar-refractivity contribution is 0.179. The SMILES string of the molecule is COCc1nc2ccccn2c(=O)c1CCN1CC[C@H]2Nc3ccc(Cl)cc3[C@@H]2C1. The fourth-order valence-corrected chi connectivity index (χ4v) is 5.01. The largest absolute Gasteiger partial charge is 0.381 e. The molecule has 2 aliphatic rings. The Morgan fingerprint density at radius 2 is 2.20 bits per heavy atom. The summed E-state index contributed by atoms with van der Waals surface area (Å²) in [5.74, 6) is 0.432. The van der Waals surface area contributed by atoms with E-state index in [2.05, 4.69) is 27.3 Å². The number of halogens is 1. The Bertz CT molecular complexity index is 1150. The average Bonchev–Trinajstić information content (AvgIpc) is 3.11. The van der Waals surface area contributed by atoms with Gasteiger partial charge in [-0.3, -0.25) is 9.20 Å². The number of nitrogens with one attached hydrogen (secondary N) is 1. The molecule has 6 nitrogen and oxygen atoms in total. The van der Waals surface area contributed by atoms with Gasteiger partial charge in [0, 0.05) is 61.2 Å². The predicted octanol–water partition coefficient (Wildman–Crippen LogP) is 3.32. The molecule has 0 unspecified atom stereocenters. The Labute approximate surface area is 180 Å². The molecule has 2 aromatic heterocycles. The molecule has 0 radical (unpaired) electrons. The van der Waals surface area contributed by atoms with Gasteiger partial charge in [-0.15, -0.1) is 0 Å². The minimum atomic E-state index is 0.00203. The molecule has 5 rings (SSSR count). The highest BCUT2D eigenvalue weighted by Gasteiger charge is 2.36. The molecule has 0 amide bonds. The van der Waals surface area contributed by atoms with Crippen molar-refractivity contribution in [3.63, 3.8) is 0 Å². The van der Waals surface area contributed by atoms with Gasteiger partial charge in [-0.2, -0.15) is 0 Å². The Balaban J connectivity index is 1.36. The van der Waals surface area contributed by atoms with Gasteiger partial charge < -0.3 is 15.0 Å². The number of ether oxygens (including phenoxy) is 1. The number of likely N-dealkylation sites (tertiary alicyclic amines) is 1. The first-order valence-electron chi connectivity index (χ1n) is 10.4. The molecule has 1 saturated heterocycles. The van der Waals surface area contributed by atoms with Gasteiger partial charge in [0.25, 0.3) is 5.56 Å². The van der Waals surface area contributed by atoms with Crippen LogP contribution < -0.4 is 10.9 Å². The molecule has 4 heterocycles. The average molecular weight is 425 g/mol. The number of pyridine rings is 1. The maximum absolute atomic E-state index is 13.1. The van der Waals surface area contributed by atoms with Crippen molar-refractivity contribution < 1.29 is 4.74 Å². The van der Waals surface area contributed by atoms with Crippen molar-refractivity contribution in [2.24, 2.45) is 0 Å². The van der Waals surface area contributed by atoms with E-state index < -0.39 is 0 Å². The van der Waals surface area contributed by atoms with Gasteiger partial charge in [0.05, 0.1) is 12.3 Å². The number of benzene rings is 1. The molecule has 7 heteroatoms. The van der Waals surface area contributed by atoms with Gasteiger partial charge in [-0.05, 0) is 48.7 Å². The molecule has 1 fully saturated rings. The normalized spacial score (nSPS) is 20.7. The highest BCUT2D eigenvalue weighted by Crippen LogP contribution is 2.41. The molecule has 0 aliphatic carbocycles. The molecule has 2 atom stereocenters. The number of piperidine rings is 1. The van der Waals surface area contributed by atoms with Crippen LogP contribution in [0.2, 0.25) is 5.02 Å². The molecule has 3 aromatic rings. The van der Waals surface area contributed by atoms with Crippen LogP contribution in [0.3, 0.4) is 0 Å². The number of hydrogen-bond acceptors (Lipinski definition) is 5. The number of fused-ring (bicyclic) bond motifs is 4. The van der Waals surface area contributed by atoms with Crippen molar-refractivity contribution >= 4 is 22.9 Å². The Kier molecular flexibility index (Phi) is 5.23. The quantitative estimate of drug-likeness (QED) is 0.680. The van der Waals surface area contributed by atoms with Crippen LogP contribution in [0.15, 0.2) is 47.4 Å². The Hall–Kier alpha value is -2.41. The van der Waals surface area contributed by atoms with Crippen LogP contribution >= 0.6 is 11.6 Å². The molecule has 0 bridgehead atoms. The molecule has 156 valence electrons. The fourth-order valence-electron chi connectivity index (χ4n) is 4.83. The van der Waals surface area contributed by atoms with E-state index in [-0.39, 0.29) is 5.56 Å². The minimum Gasteiger partial charge on any atom is -0.381 e. The second-order valence-electron chi connectivity index (χ2n) is 8.13. The molecule has 1 aromatic carbocycles. The van der Waals surface area contributed by atoms with Crippen LogP contribution in [0, 0.1) is 0 Å². The lowest BCUT2D eigenvalue weighted by Crippen LogP contribution is -2.43. The number of rotatable bonds is 5. The molecule has 2 aliphatic heterocycles. The summed E-state index contributed by atoms with van der Waals surface area (Å²) < 4.78 is 6.95. The van der Waals surface area contributed by atoms with E-state index in [0.29, 0.717) is 30.6 Å². The van der Waals surface area contributed by atoms with Crippen molar-refractivity contribution in [3.8, 4) is 0 Å². The fraction of sp³-hybridized carbons (Fsp3) is 0.391. The standard InChI is InChI=1S/C23H25ClN4O2/c1-30-14-21-16(23(29)28-9-3-2-4-22(28)26-21)7-10-27-11-8-20-18(13-27)17-12-15(24)5-6-19(17)25-20/h2-6,9,12,18,20,25H,7-8,10-11,13-14H2,1H3/t18-,20+/m0/s1. The van der Waals surface area contributed by atoms with Crippen molar-refractivity contribution in [1.82, 2.24) is 14.3 Å². The van der Waals surface area contributed by atoms with Crippen LogP contribution in [0.1, 0.15) is 29.2 Å². The Morgan fingerprint density at radius 1 is 1.30 bits per heavy atom. The second-order valence-corrected chi connectivity index (χ2v) is 8.57. The maximum Gasteiger partial charge on any atom is 0.261 e. The van der Waals surface area contributed by atoms with Crippen molar-refractivity contribution in [1.29, 1.82) is 0 Å². The van der Waals surface area contributed by atoms with Crippen LogP contribution in [0.5, 0.6) is 0 Å². The molecule has 0 spiro atoms. The molecule has 30 heavy (non-hydrogen) atoms. The highest BCUT2D eigenvalue weighted by atomic mass is 35.5.